The third kappa shape index (κ3) is 4.57. The molecule has 0 radical (unpaired) electrons. The van der Waals surface area contributed by atoms with Crippen LogP contribution in [0.5, 0.6) is 0 Å². The highest BCUT2D eigenvalue weighted by atomic mass is 15.1. The highest BCUT2D eigenvalue weighted by Gasteiger charge is 2.18. The van der Waals surface area contributed by atoms with Gasteiger partial charge in [-0.2, -0.15) is 0 Å². The maximum absolute atomic E-state index is 2.41. The molecule has 0 unspecified atom stereocenters. The van der Waals surface area contributed by atoms with E-state index in [9.17, 15) is 0 Å². The van der Waals surface area contributed by atoms with Crippen molar-refractivity contribution in [2.45, 2.75) is 0 Å². The van der Waals surface area contributed by atoms with Crippen molar-refractivity contribution < 1.29 is 0 Å². The summed E-state index contributed by atoms with van der Waals surface area (Å²) in [7, 11) is 0. The van der Waals surface area contributed by atoms with Gasteiger partial charge in [-0.3, -0.25) is 0 Å². The molecule has 0 saturated heterocycles. The Bertz CT molecular complexity index is 2870. The lowest BCUT2D eigenvalue weighted by atomic mass is 9.96. The zero-order valence-corrected chi connectivity index (χ0v) is 27.4. The topological polar surface area (TPSA) is 8.17 Å². The number of fused-ring (bicyclic) bond motifs is 8. The third-order valence-corrected chi connectivity index (χ3v) is 10.1. The van der Waals surface area contributed by atoms with Crippen molar-refractivity contribution in [1.29, 1.82) is 0 Å². The maximum atomic E-state index is 2.41. The molecule has 0 bridgehead atoms. The van der Waals surface area contributed by atoms with E-state index in [-0.39, 0.29) is 0 Å². The number of aromatic nitrogens is 1. The van der Waals surface area contributed by atoms with Crippen LogP contribution in [0.25, 0.3) is 70.9 Å². The van der Waals surface area contributed by atoms with Crippen LogP contribution in [0.4, 0.5) is 17.1 Å². The van der Waals surface area contributed by atoms with Gasteiger partial charge in [-0.05, 0) is 104 Å². The summed E-state index contributed by atoms with van der Waals surface area (Å²) in [6, 6.07) is 70.5. The average Bonchev–Trinajstić information content (AvgIpc) is 3.52. The highest BCUT2D eigenvalue weighted by Crippen LogP contribution is 2.42. The molecule has 0 aliphatic rings. The minimum absolute atomic E-state index is 1.11. The smallest absolute Gasteiger partial charge is 0.0542 e. The van der Waals surface area contributed by atoms with Crippen LogP contribution in [0.1, 0.15) is 0 Å². The summed E-state index contributed by atoms with van der Waals surface area (Å²) in [5.74, 6) is 0. The normalized spacial score (nSPS) is 11.6. The monoisotopic (exact) mass is 636 g/mol. The molecule has 10 aromatic rings. The number of rotatable bonds is 5. The van der Waals surface area contributed by atoms with Gasteiger partial charge in [0.1, 0.15) is 0 Å². The van der Waals surface area contributed by atoms with Crippen molar-refractivity contribution in [3.8, 4) is 16.8 Å². The van der Waals surface area contributed by atoms with Gasteiger partial charge in [-0.1, -0.05) is 133 Å². The van der Waals surface area contributed by atoms with Gasteiger partial charge in [0.15, 0.2) is 0 Å². The zero-order valence-electron chi connectivity index (χ0n) is 27.4. The Balaban J connectivity index is 1.20. The van der Waals surface area contributed by atoms with E-state index in [0.29, 0.717) is 0 Å². The fourth-order valence-electron chi connectivity index (χ4n) is 7.81. The van der Waals surface area contributed by atoms with Gasteiger partial charge in [0, 0.05) is 33.5 Å². The Morgan fingerprint density at radius 2 is 0.880 bits per heavy atom. The van der Waals surface area contributed by atoms with Crippen molar-refractivity contribution in [3.63, 3.8) is 0 Å². The lowest BCUT2D eigenvalue weighted by Crippen LogP contribution is -2.10. The summed E-state index contributed by atoms with van der Waals surface area (Å²) in [5.41, 5.74) is 9.29. The first-order valence-corrected chi connectivity index (χ1v) is 17.2. The van der Waals surface area contributed by atoms with Gasteiger partial charge in [0.25, 0.3) is 0 Å². The van der Waals surface area contributed by atoms with Gasteiger partial charge in [-0.25, -0.2) is 0 Å². The van der Waals surface area contributed by atoms with Crippen LogP contribution in [0, 0.1) is 0 Å². The van der Waals surface area contributed by atoms with Gasteiger partial charge in [-0.15, -0.1) is 0 Å². The molecule has 2 nitrogen and oxygen atoms in total. The Morgan fingerprint density at radius 3 is 1.72 bits per heavy atom. The minimum Gasteiger partial charge on any atom is -0.310 e. The first-order chi connectivity index (χ1) is 24.8. The van der Waals surface area contributed by atoms with E-state index in [1.807, 2.05) is 0 Å². The summed E-state index contributed by atoms with van der Waals surface area (Å²) in [4.78, 5) is 2.41. The molecule has 0 saturated carbocycles. The summed E-state index contributed by atoms with van der Waals surface area (Å²) in [6.07, 6.45) is 0. The maximum Gasteiger partial charge on any atom is 0.0542 e. The standard InChI is InChI=1S/C48H32N2/c1-3-12-33(13-4-1)35-15-11-18-38(30-35)49(39-24-28-42-36(31-39)23-27-43-41-19-8-7-14-34(41)22-26-44(42)43)40-25-29-48-46(32-40)45-20-9-10-21-47(45)50(48)37-16-5-2-6-17-37/h1-32H. The molecule has 0 N–H and O–H groups in total. The van der Waals surface area contributed by atoms with Crippen LogP contribution in [-0.2, 0) is 0 Å². The second-order valence-corrected chi connectivity index (χ2v) is 13.0. The number of para-hydroxylation sites is 2. The van der Waals surface area contributed by atoms with Crippen LogP contribution in [0.3, 0.4) is 0 Å². The van der Waals surface area contributed by atoms with Gasteiger partial charge in [0.05, 0.1) is 11.0 Å². The van der Waals surface area contributed by atoms with E-state index in [2.05, 4.69) is 204 Å². The second kappa shape index (κ2) is 11.5. The molecule has 50 heavy (non-hydrogen) atoms. The Hall–Kier alpha value is -6.64. The van der Waals surface area contributed by atoms with Gasteiger partial charge < -0.3 is 9.47 Å². The van der Waals surface area contributed by atoms with Crippen LogP contribution < -0.4 is 4.90 Å². The predicted octanol–water partition coefficient (Wildman–Crippen LogP) is 13.4. The fourth-order valence-corrected chi connectivity index (χ4v) is 7.81. The van der Waals surface area contributed by atoms with Crippen molar-refractivity contribution in [1.82, 2.24) is 4.57 Å². The highest BCUT2D eigenvalue weighted by molar-refractivity contribution is 6.18. The van der Waals surface area contributed by atoms with Crippen LogP contribution in [0.15, 0.2) is 194 Å². The molecule has 0 aliphatic heterocycles. The predicted molar refractivity (Wildman–Crippen MR) is 213 cm³/mol. The zero-order chi connectivity index (χ0) is 33.0. The molecule has 2 heteroatoms. The van der Waals surface area contributed by atoms with Crippen LogP contribution in [0.2, 0.25) is 0 Å². The number of hydrogen-bond donors (Lipinski definition) is 0. The average molecular weight is 637 g/mol. The van der Waals surface area contributed by atoms with E-state index < -0.39 is 0 Å². The van der Waals surface area contributed by atoms with Crippen molar-refractivity contribution in [2.75, 3.05) is 4.90 Å². The molecule has 0 atom stereocenters. The van der Waals surface area contributed by atoms with Gasteiger partial charge in [0.2, 0.25) is 0 Å². The molecule has 0 amide bonds. The van der Waals surface area contributed by atoms with E-state index in [4.69, 9.17) is 0 Å². The summed E-state index contributed by atoms with van der Waals surface area (Å²) >= 11 is 0. The lowest BCUT2D eigenvalue weighted by Gasteiger charge is -2.27. The molecule has 1 aromatic heterocycles. The van der Waals surface area contributed by atoms with Crippen molar-refractivity contribution in [2.24, 2.45) is 0 Å². The van der Waals surface area contributed by atoms with Gasteiger partial charge >= 0.3 is 0 Å². The number of benzene rings is 9. The second-order valence-electron chi connectivity index (χ2n) is 13.0. The molecule has 9 aromatic carbocycles. The Labute approximate surface area is 290 Å². The quantitative estimate of drug-likeness (QED) is 0.171. The molecule has 0 spiro atoms. The number of hydrogen-bond acceptors (Lipinski definition) is 1. The van der Waals surface area contributed by atoms with E-state index in [1.165, 1.54) is 65.3 Å². The molecule has 234 valence electrons. The molecule has 1 heterocycles. The molecule has 10 rings (SSSR count). The summed E-state index contributed by atoms with van der Waals surface area (Å²) in [5, 5.41) is 10.1. The largest absolute Gasteiger partial charge is 0.310 e. The molecular weight excluding hydrogens is 605 g/mol. The van der Waals surface area contributed by atoms with E-state index in [0.717, 1.165) is 22.7 Å². The first kappa shape index (κ1) is 28.4. The van der Waals surface area contributed by atoms with Crippen molar-refractivity contribution in [3.05, 3.63) is 194 Å². The van der Waals surface area contributed by atoms with E-state index in [1.54, 1.807) is 0 Å². The fraction of sp³-hybridized carbons (Fsp3) is 0. The molecule has 0 aliphatic carbocycles. The van der Waals surface area contributed by atoms with E-state index >= 15 is 0 Å². The first-order valence-electron chi connectivity index (χ1n) is 17.2. The van der Waals surface area contributed by atoms with Crippen molar-refractivity contribution >= 4 is 71.2 Å². The number of anilines is 3. The summed E-state index contributed by atoms with van der Waals surface area (Å²) < 4.78 is 2.37. The molecular formula is C48H32N2. The lowest BCUT2D eigenvalue weighted by molar-refractivity contribution is 1.18. The summed E-state index contributed by atoms with van der Waals surface area (Å²) in [6.45, 7) is 0. The minimum atomic E-state index is 1.11. The van der Waals surface area contributed by atoms with Crippen LogP contribution >= 0.6 is 0 Å². The number of nitrogens with zero attached hydrogens (tertiary/aromatic N) is 2. The van der Waals surface area contributed by atoms with Crippen LogP contribution in [-0.4, -0.2) is 4.57 Å². The Morgan fingerprint density at radius 1 is 0.300 bits per heavy atom. The molecule has 0 fully saturated rings. The third-order valence-electron chi connectivity index (χ3n) is 10.1. The SMILES string of the molecule is c1ccc(-c2cccc(N(c3ccc4c(ccc5c6ccccc6ccc45)c3)c3ccc4c(c3)c3ccccc3n4-c3ccccc3)c2)cc1. The Kier molecular flexibility index (Phi) is 6.53.